The average molecular weight is 224 g/mol. The normalized spacial score (nSPS) is 12.1. The van der Waals surface area contributed by atoms with E-state index in [2.05, 4.69) is 4.98 Å². The quantitative estimate of drug-likeness (QED) is 0.757. The van der Waals surface area contributed by atoms with Gasteiger partial charge in [0.1, 0.15) is 4.75 Å². The number of pyridine rings is 1. The molecule has 0 aliphatic rings. The van der Waals surface area contributed by atoms with Gasteiger partial charge in [-0.2, -0.15) is 5.26 Å². The molecule has 0 spiro atoms. The molecule has 0 radical (unpaired) electrons. The first-order valence-electron chi connectivity index (χ1n) is 4.35. The van der Waals surface area contributed by atoms with Gasteiger partial charge >= 0.3 is 0 Å². The Bertz CT molecular complexity index is 512. The van der Waals surface area contributed by atoms with Gasteiger partial charge in [-0.3, -0.25) is 4.98 Å². The summed E-state index contributed by atoms with van der Waals surface area (Å²) in [6, 6.07) is 5.00. The van der Waals surface area contributed by atoms with Crippen LogP contribution >= 0.6 is 0 Å². The Labute approximate surface area is 89.5 Å². The van der Waals surface area contributed by atoms with Crippen LogP contribution in [0.3, 0.4) is 0 Å². The standard InChI is InChI=1S/C10H12N2O2S/c1-10(2,15(3,13)14)9-6-8(7-11)4-5-12-9/h4-6H,1-3H3. The van der Waals surface area contributed by atoms with Crippen LogP contribution in [0.15, 0.2) is 18.3 Å². The maximum Gasteiger partial charge on any atom is 0.158 e. The summed E-state index contributed by atoms with van der Waals surface area (Å²) < 4.78 is 22.0. The van der Waals surface area contributed by atoms with Gasteiger partial charge < -0.3 is 0 Å². The predicted molar refractivity (Wildman–Crippen MR) is 56.8 cm³/mol. The first kappa shape index (κ1) is 11.7. The molecule has 0 unspecified atom stereocenters. The molecular weight excluding hydrogens is 212 g/mol. The van der Waals surface area contributed by atoms with Crippen molar-refractivity contribution < 1.29 is 8.42 Å². The summed E-state index contributed by atoms with van der Waals surface area (Å²) in [4.78, 5) is 4.00. The van der Waals surface area contributed by atoms with E-state index in [1.165, 1.54) is 12.3 Å². The lowest BCUT2D eigenvalue weighted by Crippen LogP contribution is -2.29. The van der Waals surface area contributed by atoms with Crippen molar-refractivity contribution in [2.45, 2.75) is 18.6 Å². The third kappa shape index (κ3) is 2.16. The van der Waals surface area contributed by atoms with E-state index in [9.17, 15) is 8.42 Å². The fourth-order valence-corrected chi connectivity index (χ4v) is 1.51. The Kier molecular flexibility index (Phi) is 2.82. The van der Waals surface area contributed by atoms with E-state index < -0.39 is 14.6 Å². The van der Waals surface area contributed by atoms with Gasteiger partial charge in [0.05, 0.1) is 17.3 Å². The van der Waals surface area contributed by atoms with Crippen LogP contribution in [0, 0.1) is 11.3 Å². The van der Waals surface area contributed by atoms with Crippen molar-refractivity contribution in [3.05, 3.63) is 29.6 Å². The molecular formula is C10H12N2O2S. The molecule has 0 amide bonds. The summed E-state index contributed by atoms with van der Waals surface area (Å²) in [5.74, 6) is 0. The second kappa shape index (κ2) is 3.63. The first-order chi connectivity index (χ1) is 6.79. The Morgan fingerprint density at radius 3 is 2.53 bits per heavy atom. The minimum atomic E-state index is -3.25. The monoisotopic (exact) mass is 224 g/mol. The van der Waals surface area contributed by atoms with Crippen LogP contribution < -0.4 is 0 Å². The lowest BCUT2D eigenvalue weighted by molar-refractivity contribution is 0.556. The summed E-state index contributed by atoms with van der Waals surface area (Å²) in [6.45, 7) is 3.15. The van der Waals surface area contributed by atoms with Crippen LogP contribution in [0.25, 0.3) is 0 Å². The summed E-state index contributed by atoms with van der Waals surface area (Å²) in [7, 11) is -3.25. The molecule has 5 heteroatoms. The molecule has 1 aromatic rings. The van der Waals surface area contributed by atoms with Crippen LogP contribution in [0.4, 0.5) is 0 Å². The number of rotatable bonds is 2. The molecule has 1 rings (SSSR count). The van der Waals surface area contributed by atoms with Crippen LogP contribution in [0.2, 0.25) is 0 Å². The molecule has 80 valence electrons. The van der Waals surface area contributed by atoms with Gasteiger partial charge in [0.25, 0.3) is 0 Å². The molecule has 0 aliphatic heterocycles. The van der Waals surface area contributed by atoms with E-state index in [4.69, 9.17) is 5.26 Å². The highest BCUT2D eigenvalue weighted by Gasteiger charge is 2.33. The molecule has 0 aliphatic carbocycles. The smallest absolute Gasteiger partial charge is 0.158 e. The number of sulfone groups is 1. The first-order valence-corrected chi connectivity index (χ1v) is 6.24. The van der Waals surface area contributed by atoms with Gasteiger partial charge in [0, 0.05) is 12.5 Å². The molecule has 0 atom stereocenters. The second-order valence-corrected chi connectivity index (χ2v) is 6.39. The van der Waals surface area contributed by atoms with Gasteiger partial charge in [-0.25, -0.2) is 8.42 Å². The molecule has 1 heterocycles. The minimum Gasteiger partial charge on any atom is -0.260 e. The highest BCUT2D eigenvalue weighted by molar-refractivity contribution is 7.91. The molecule has 4 nitrogen and oxygen atoms in total. The molecule has 15 heavy (non-hydrogen) atoms. The summed E-state index contributed by atoms with van der Waals surface area (Å²) in [5, 5.41) is 8.70. The topological polar surface area (TPSA) is 70.8 Å². The third-order valence-electron chi connectivity index (χ3n) is 2.43. The third-order valence-corrected chi connectivity index (χ3v) is 4.50. The van der Waals surface area contributed by atoms with Crippen LogP contribution in [-0.2, 0) is 14.6 Å². The highest BCUT2D eigenvalue weighted by Crippen LogP contribution is 2.27. The average Bonchev–Trinajstić information content (AvgIpc) is 2.16. The van der Waals surface area contributed by atoms with Gasteiger partial charge in [0.2, 0.25) is 0 Å². The number of hydrogen-bond donors (Lipinski definition) is 0. The lowest BCUT2D eigenvalue weighted by atomic mass is 10.1. The highest BCUT2D eigenvalue weighted by atomic mass is 32.2. The zero-order valence-electron chi connectivity index (χ0n) is 8.85. The minimum absolute atomic E-state index is 0.393. The van der Waals surface area contributed by atoms with Crippen molar-refractivity contribution in [2.75, 3.05) is 6.26 Å². The van der Waals surface area contributed by atoms with E-state index in [-0.39, 0.29) is 0 Å². The zero-order chi connectivity index (χ0) is 11.7. The summed E-state index contributed by atoms with van der Waals surface area (Å²) in [6.07, 6.45) is 2.61. The molecule has 0 N–H and O–H groups in total. The largest absolute Gasteiger partial charge is 0.260 e. The van der Waals surface area contributed by atoms with Crippen LogP contribution in [0.5, 0.6) is 0 Å². The van der Waals surface area contributed by atoms with Gasteiger partial charge in [-0.15, -0.1) is 0 Å². The van der Waals surface area contributed by atoms with E-state index in [0.29, 0.717) is 11.3 Å². The number of nitrogens with zero attached hydrogens (tertiary/aromatic N) is 2. The molecule has 0 saturated carbocycles. The Morgan fingerprint density at radius 1 is 1.47 bits per heavy atom. The van der Waals surface area contributed by atoms with Crippen molar-refractivity contribution in [3.63, 3.8) is 0 Å². The molecule has 0 bridgehead atoms. The number of aromatic nitrogens is 1. The molecule has 0 saturated heterocycles. The predicted octanol–water partition coefficient (Wildman–Crippen LogP) is 1.23. The Balaban J connectivity index is 3.35. The van der Waals surface area contributed by atoms with Crippen molar-refractivity contribution in [1.82, 2.24) is 4.98 Å². The van der Waals surface area contributed by atoms with Crippen LogP contribution in [0.1, 0.15) is 25.1 Å². The summed E-state index contributed by atoms with van der Waals surface area (Å²) in [5.41, 5.74) is 0.806. The van der Waals surface area contributed by atoms with E-state index >= 15 is 0 Å². The Morgan fingerprint density at radius 2 is 2.07 bits per heavy atom. The van der Waals surface area contributed by atoms with Crippen molar-refractivity contribution in [3.8, 4) is 6.07 Å². The van der Waals surface area contributed by atoms with Crippen LogP contribution in [-0.4, -0.2) is 19.7 Å². The maximum atomic E-state index is 11.5. The van der Waals surface area contributed by atoms with Gasteiger partial charge in [0.15, 0.2) is 9.84 Å². The van der Waals surface area contributed by atoms with Gasteiger partial charge in [-0.05, 0) is 26.0 Å². The second-order valence-electron chi connectivity index (χ2n) is 3.82. The van der Waals surface area contributed by atoms with Crippen molar-refractivity contribution in [2.24, 2.45) is 0 Å². The Hall–Kier alpha value is -1.41. The molecule has 1 aromatic heterocycles. The number of nitriles is 1. The van der Waals surface area contributed by atoms with Crippen molar-refractivity contribution >= 4 is 9.84 Å². The number of hydrogen-bond acceptors (Lipinski definition) is 4. The maximum absolute atomic E-state index is 11.5. The lowest BCUT2D eigenvalue weighted by Gasteiger charge is -2.21. The van der Waals surface area contributed by atoms with Gasteiger partial charge in [-0.1, -0.05) is 0 Å². The van der Waals surface area contributed by atoms with Crippen molar-refractivity contribution in [1.29, 1.82) is 5.26 Å². The molecule has 0 aromatic carbocycles. The fourth-order valence-electron chi connectivity index (χ4n) is 1.02. The molecule has 0 fully saturated rings. The summed E-state index contributed by atoms with van der Waals surface area (Å²) >= 11 is 0. The van der Waals surface area contributed by atoms with E-state index in [1.807, 2.05) is 6.07 Å². The fraction of sp³-hybridized carbons (Fsp3) is 0.400. The SMILES string of the molecule is CC(C)(c1cc(C#N)ccn1)S(C)(=O)=O. The van der Waals surface area contributed by atoms with E-state index in [0.717, 1.165) is 6.26 Å². The van der Waals surface area contributed by atoms with E-state index in [1.54, 1.807) is 19.9 Å². The zero-order valence-corrected chi connectivity index (χ0v) is 9.67.